The minimum absolute atomic E-state index is 0.753. The van der Waals surface area contributed by atoms with Crippen LogP contribution in [0.4, 0.5) is 5.95 Å². The molecule has 2 fully saturated rings. The fraction of sp³-hybridized carbons (Fsp3) is 0.474. The molecular weight excluding hydrogens is 284 g/mol. The molecule has 2 aliphatic heterocycles. The van der Waals surface area contributed by atoms with Gasteiger partial charge in [0.05, 0.1) is 0 Å². The minimum Gasteiger partial charge on any atom is -0.340 e. The monoisotopic (exact) mass is 308 g/mol. The van der Waals surface area contributed by atoms with E-state index in [4.69, 9.17) is 0 Å². The molecule has 0 radical (unpaired) electrons. The van der Waals surface area contributed by atoms with Gasteiger partial charge in [0, 0.05) is 44.1 Å². The third kappa shape index (κ3) is 3.08. The first kappa shape index (κ1) is 14.6. The van der Waals surface area contributed by atoms with E-state index in [9.17, 15) is 0 Å². The lowest BCUT2D eigenvalue weighted by Crippen LogP contribution is -2.29. The second kappa shape index (κ2) is 5.93. The molecule has 0 N–H and O–H groups in total. The van der Waals surface area contributed by atoms with Crippen LogP contribution in [0.1, 0.15) is 17.0 Å². The van der Waals surface area contributed by atoms with Crippen LogP contribution in [0.3, 0.4) is 0 Å². The van der Waals surface area contributed by atoms with E-state index in [1.165, 1.54) is 18.7 Å². The van der Waals surface area contributed by atoms with Crippen molar-refractivity contribution in [3.05, 3.63) is 53.3 Å². The zero-order valence-corrected chi connectivity index (χ0v) is 13.9. The lowest BCUT2D eigenvalue weighted by atomic mass is 10.0. The van der Waals surface area contributed by atoms with Crippen molar-refractivity contribution in [3.8, 4) is 0 Å². The van der Waals surface area contributed by atoms with Crippen molar-refractivity contribution in [1.82, 2.24) is 14.9 Å². The topological polar surface area (TPSA) is 32.3 Å². The van der Waals surface area contributed by atoms with Crippen LogP contribution in [-0.2, 0) is 6.54 Å². The van der Waals surface area contributed by atoms with Crippen LogP contribution in [0.5, 0.6) is 0 Å². The second-order valence-electron chi connectivity index (χ2n) is 7.06. The molecule has 2 aromatic rings. The molecule has 0 spiro atoms. The smallest absolute Gasteiger partial charge is 0.225 e. The van der Waals surface area contributed by atoms with E-state index in [0.29, 0.717) is 0 Å². The molecular formula is C19H24N4. The molecule has 1 aromatic carbocycles. The van der Waals surface area contributed by atoms with Gasteiger partial charge in [-0.2, -0.15) is 0 Å². The Kier molecular flexibility index (Phi) is 3.77. The highest BCUT2D eigenvalue weighted by atomic mass is 15.3. The number of aromatic nitrogens is 2. The Bertz CT molecular complexity index is 651. The number of nitrogens with zero attached hydrogens (tertiary/aromatic N) is 4. The van der Waals surface area contributed by atoms with Gasteiger partial charge in [-0.05, 0) is 37.3 Å². The fourth-order valence-corrected chi connectivity index (χ4v) is 4.07. The maximum Gasteiger partial charge on any atom is 0.225 e. The highest BCUT2D eigenvalue weighted by Gasteiger charge is 2.40. The average molecular weight is 308 g/mol. The van der Waals surface area contributed by atoms with Gasteiger partial charge in [0.25, 0.3) is 0 Å². The third-order valence-electron chi connectivity index (χ3n) is 5.06. The Balaban J connectivity index is 1.40. The predicted octanol–water partition coefficient (Wildman–Crippen LogP) is 2.66. The average Bonchev–Trinajstić information content (AvgIpc) is 3.05. The Hall–Kier alpha value is -1.94. The number of anilines is 1. The maximum atomic E-state index is 4.63. The van der Waals surface area contributed by atoms with Crippen LogP contribution in [0.25, 0.3) is 0 Å². The summed E-state index contributed by atoms with van der Waals surface area (Å²) >= 11 is 0. The van der Waals surface area contributed by atoms with Gasteiger partial charge in [0.15, 0.2) is 0 Å². The van der Waals surface area contributed by atoms with Gasteiger partial charge in [-0.15, -0.1) is 0 Å². The van der Waals surface area contributed by atoms with E-state index in [1.807, 2.05) is 6.07 Å². The van der Waals surface area contributed by atoms with Crippen molar-refractivity contribution in [2.45, 2.75) is 20.4 Å². The summed E-state index contributed by atoms with van der Waals surface area (Å²) < 4.78 is 0. The molecule has 4 heteroatoms. The van der Waals surface area contributed by atoms with Crippen LogP contribution in [-0.4, -0.2) is 41.0 Å². The molecule has 2 atom stereocenters. The number of hydrogen-bond donors (Lipinski definition) is 0. The second-order valence-corrected chi connectivity index (χ2v) is 7.06. The van der Waals surface area contributed by atoms with Crippen LogP contribution in [0.2, 0.25) is 0 Å². The van der Waals surface area contributed by atoms with Gasteiger partial charge in [-0.1, -0.05) is 30.3 Å². The summed E-state index contributed by atoms with van der Waals surface area (Å²) in [6, 6.07) is 12.8. The molecule has 0 saturated carbocycles. The number of hydrogen-bond acceptors (Lipinski definition) is 4. The molecule has 3 heterocycles. The van der Waals surface area contributed by atoms with Gasteiger partial charge in [0.1, 0.15) is 0 Å². The summed E-state index contributed by atoms with van der Waals surface area (Å²) in [4.78, 5) is 14.2. The van der Waals surface area contributed by atoms with Crippen molar-refractivity contribution in [3.63, 3.8) is 0 Å². The lowest BCUT2D eigenvalue weighted by molar-refractivity contribution is 0.308. The molecule has 4 nitrogen and oxygen atoms in total. The first-order valence-corrected chi connectivity index (χ1v) is 8.51. The van der Waals surface area contributed by atoms with Crippen molar-refractivity contribution in [1.29, 1.82) is 0 Å². The summed E-state index contributed by atoms with van der Waals surface area (Å²) in [6.07, 6.45) is 0. The third-order valence-corrected chi connectivity index (χ3v) is 5.06. The largest absolute Gasteiger partial charge is 0.340 e. The van der Waals surface area contributed by atoms with Gasteiger partial charge in [-0.25, -0.2) is 9.97 Å². The van der Waals surface area contributed by atoms with Crippen molar-refractivity contribution in [2.24, 2.45) is 11.8 Å². The Labute approximate surface area is 138 Å². The molecule has 4 rings (SSSR count). The molecule has 0 bridgehead atoms. The van der Waals surface area contributed by atoms with Crippen LogP contribution in [0.15, 0.2) is 36.4 Å². The standard InChI is InChI=1S/C19H24N4/c1-14-8-15(2)21-19(20-14)23-12-17-10-22(11-18(17)13-23)9-16-6-4-3-5-7-16/h3-8,17-18H,9-13H2,1-2H3/t17-,18+. The van der Waals surface area contributed by atoms with Crippen LogP contribution < -0.4 is 4.90 Å². The number of fused-ring (bicyclic) bond motifs is 1. The lowest BCUT2D eigenvalue weighted by Gasteiger charge is -2.22. The molecule has 0 aliphatic carbocycles. The summed E-state index contributed by atoms with van der Waals surface area (Å²) in [5.41, 5.74) is 3.55. The minimum atomic E-state index is 0.753. The summed E-state index contributed by atoms with van der Waals surface area (Å²) in [6.45, 7) is 9.76. The van der Waals surface area contributed by atoms with Crippen molar-refractivity contribution in [2.75, 3.05) is 31.1 Å². The first-order valence-electron chi connectivity index (χ1n) is 8.51. The quantitative estimate of drug-likeness (QED) is 0.872. The number of likely N-dealkylation sites (tertiary alicyclic amines) is 1. The molecule has 120 valence electrons. The van der Waals surface area contributed by atoms with E-state index < -0.39 is 0 Å². The normalized spacial score (nSPS) is 24.2. The van der Waals surface area contributed by atoms with Gasteiger partial charge < -0.3 is 4.90 Å². The SMILES string of the molecule is Cc1cc(C)nc(N2C[C@H]3CN(Cc4ccccc4)C[C@H]3C2)n1. The number of benzene rings is 1. The first-order chi connectivity index (χ1) is 11.2. The molecule has 1 aromatic heterocycles. The van der Waals surface area contributed by atoms with Gasteiger partial charge in [0.2, 0.25) is 5.95 Å². The Morgan fingerprint density at radius 2 is 1.52 bits per heavy atom. The summed E-state index contributed by atoms with van der Waals surface area (Å²) in [5.74, 6) is 2.43. The van der Waals surface area contributed by atoms with Crippen molar-refractivity contribution >= 4 is 5.95 Å². The van der Waals surface area contributed by atoms with E-state index >= 15 is 0 Å². The van der Waals surface area contributed by atoms with E-state index in [1.54, 1.807) is 0 Å². The molecule has 23 heavy (non-hydrogen) atoms. The zero-order chi connectivity index (χ0) is 15.8. The predicted molar refractivity (Wildman–Crippen MR) is 92.4 cm³/mol. The van der Waals surface area contributed by atoms with Gasteiger partial charge in [-0.3, -0.25) is 4.90 Å². The summed E-state index contributed by atoms with van der Waals surface area (Å²) in [7, 11) is 0. The molecule has 2 aliphatic rings. The Morgan fingerprint density at radius 3 is 2.13 bits per heavy atom. The fourth-order valence-electron chi connectivity index (χ4n) is 4.07. The van der Waals surface area contributed by atoms with Gasteiger partial charge >= 0.3 is 0 Å². The van der Waals surface area contributed by atoms with Crippen LogP contribution >= 0.6 is 0 Å². The van der Waals surface area contributed by atoms with Crippen LogP contribution in [0, 0.1) is 25.7 Å². The number of aryl methyl sites for hydroxylation is 2. The highest BCUT2D eigenvalue weighted by molar-refractivity contribution is 5.35. The number of rotatable bonds is 3. The van der Waals surface area contributed by atoms with Crippen molar-refractivity contribution < 1.29 is 0 Å². The van der Waals surface area contributed by atoms with E-state index in [-0.39, 0.29) is 0 Å². The molecule has 2 saturated heterocycles. The van der Waals surface area contributed by atoms with E-state index in [2.05, 4.69) is 63.9 Å². The summed E-state index contributed by atoms with van der Waals surface area (Å²) in [5, 5.41) is 0. The Morgan fingerprint density at radius 1 is 0.913 bits per heavy atom. The molecule has 0 unspecified atom stereocenters. The zero-order valence-electron chi connectivity index (χ0n) is 13.9. The van der Waals surface area contributed by atoms with E-state index in [0.717, 1.165) is 48.8 Å². The maximum absolute atomic E-state index is 4.63. The highest BCUT2D eigenvalue weighted by Crippen LogP contribution is 2.33. The molecule has 0 amide bonds.